The molecule has 0 saturated heterocycles. The summed E-state index contributed by atoms with van der Waals surface area (Å²) in [6.45, 7) is 0.961. The molecule has 2 aromatic rings. The monoisotopic (exact) mass is 397 g/mol. The fourth-order valence-electron chi connectivity index (χ4n) is 1.68. The van der Waals surface area contributed by atoms with Gasteiger partial charge in [0.15, 0.2) is 12.4 Å². The number of phosphoric ester groups is 1. The molecule has 130 valence electrons. The number of nitrogens with one attached hydrogen (secondary N) is 1. The van der Waals surface area contributed by atoms with Crippen LogP contribution in [0.25, 0.3) is 0 Å². The summed E-state index contributed by atoms with van der Waals surface area (Å²) < 4.78 is 29.4. The number of hydrogen-bond acceptors (Lipinski definition) is 4. The highest BCUT2D eigenvalue weighted by Crippen LogP contribution is 2.37. The predicted molar refractivity (Wildman–Crippen MR) is 84.5 cm³/mol. The van der Waals surface area contributed by atoms with E-state index in [0.29, 0.717) is 5.56 Å². The predicted octanol–water partition coefficient (Wildman–Crippen LogP) is 2.96. The topological polar surface area (TPSA) is 114 Å². The zero-order valence-electron chi connectivity index (χ0n) is 12.0. The van der Waals surface area contributed by atoms with E-state index in [0.717, 1.165) is 4.68 Å². The first-order chi connectivity index (χ1) is 11.1. The number of phosphoric acid groups is 1. The molecule has 8 nitrogen and oxygen atoms in total. The molecule has 0 aliphatic heterocycles. The van der Waals surface area contributed by atoms with Gasteiger partial charge in [-0.15, -0.1) is 0 Å². The molecular weight excluding hydrogens is 387 g/mol. The van der Waals surface area contributed by atoms with Crippen molar-refractivity contribution < 1.29 is 28.1 Å². The van der Waals surface area contributed by atoms with Crippen molar-refractivity contribution in [2.45, 2.75) is 13.7 Å². The van der Waals surface area contributed by atoms with Crippen LogP contribution in [0.2, 0.25) is 10.2 Å². The Hall–Kier alpha value is -1.48. The van der Waals surface area contributed by atoms with E-state index in [2.05, 4.69) is 14.9 Å². The highest BCUT2D eigenvalue weighted by atomic mass is 35.5. The number of amides is 1. The van der Waals surface area contributed by atoms with E-state index in [1.54, 1.807) is 13.0 Å². The standard InChI is InChI=1S/C12H11Cl2FN3O5P/c1-6-2-3-8(7(15)4-6)16-12(19)10-9(13)11(14)18(17-10)5-23-24(20,21)22/h2-4H,5H2,1H3,(H,16,19)(H2,20,21,22). The van der Waals surface area contributed by atoms with E-state index >= 15 is 0 Å². The molecule has 1 amide bonds. The van der Waals surface area contributed by atoms with E-state index in [1.807, 2.05) is 0 Å². The van der Waals surface area contributed by atoms with Crippen LogP contribution < -0.4 is 5.32 Å². The molecule has 1 heterocycles. The molecule has 3 N–H and O–H groups in total. The van der Waals surface area contributed by atoms with Gasteiger partial charge in [0.2, 0.25) is 0 Å². The molecule has 0 fully saturated rings. The Bertz CT molecular complexity index is 838. The minimum atomic E-state index is -4.76. The summed E-state index contributed by atoms with van der Waals surface area (Å²) in [7, 11) is -4.76. The van der Waals surface area contributed by atoms with Crippen molar-refractivity contribution in [1.29, 1.82) is 0 Å². The highest BCUT2D eigenvalue weighted by molar-refractivity contribution is 7.46. The largest absolute Gasteiger partial charge is 0.471 e. The molecule has 0 radical (unpaired) electrons. The van der Waals surface area contributed by atoms with E-state index in [9.17, 15) is 13.8 Å². The van der Waals surface area contributed by atoms with Crippen LogP contribution in [0.3, 0.4) is 0 Å². The Balaban J connectivity index is 2.22. The minimum absolute atomic E-state index is 0.0844. The van der Waals surface area contributed by atoms with E-state index in [4.69, 9.17) is 33.0 Å². The average molecular weight is 398 g/mol. The van der Waals surface area contributed by atoms with Gasteiger partial charge < -0.3 is 15.1 Å². The lowest BCUT2D eigenvalue weighted by Crippen LogP contribution is -2.15. The average Bonchev–Trinajstić information content (AvgIpc) is 2.75. The first-order valence-electron chi connectivity index (χ1n) is 6.28. The summed E-state index contributed by atoms with van der Waals surface area (Å²) in [5.74, 6) is -1.49. The molecule has 2 rings (SSSR count). The molecule has 0 spiro atoms. The number of benzene rings is 1. The van der Waals surface area contributed by atoms with Gasteiger partial charge in [-0.2, -0.15) is 5.10 Å². The number of halogens is 3. The normalized spacial score (nSPS) is 11.6. The van der Waals surface area contributed by atoms with Crippen LogP contribution in [0.15, 0.2) is 18.2 Å². The van der Waals surface area contributed by atoms with Crippen molar-refractivity contribution >= 4 is 42.6 Å². The molecule has 0 aliphatic carbocycles. The zero-order chi connectivity index (χ0) is 18.1. The SMILES string of the molecule is Cc1ccc(NC(=O)c2nn(COP(=O)(O)O)c(Cl)c2Cl)c(F)c1. The molecule has 1 aromatic carbocycles. The summed E-state index contributed by atoms with van der Waals surface area (Å²) in [5, 5.41) is 5.45. The summed E-state index contributed by atoms with van der Waals surface area (Å²) in [6.07, 6.45) is 0. The third-order valence-electron chi connectivity index (χ3n) is 2.77. The van der Waals surface area contributed by atoms with Crippen molar-refractivity contribution in [2.24, 2.45) is 0 Å². The third-order valence-corrected chi connectivity index (χ3v) is 4.06. The van der Waals surface area contributed by atoms with Gasteiger partial charge in [-0.1, -0.05) is 29.3 Å². The van der Waals surface area contributed by atoms with Crippen LogP contribution in [-0.2, 0) is 15.8 Å². The van der Waals surface area contributed by atoms with Gasteiger partial charge in [-0.05, 0) is 24.6 Å². The number of hydrogen-bond donors (Lipinski definition) is 3. The quantitative estimate of drug-likeness (QED) is 0.668. The summed E-state index contributed by atoms with van der Waals surface area (Å²) >= 11 is 11.7. The second kappa shape index (κ2) is 7.18. The summed E-state index contributed by atoms with van der Waals surface area (Å²) in [5.41, 5.74) is 0.236. The summed E-state index contributed by atoms with van der Waals surface area (Å²) in [4.78, 5) is 29.5. The highest BCUT2D eigenvalue weighted by Gasteiger charge is 2.23. The van der Waals surface area contributed by atoms with Crippen LogP contribution in [-0.4, -0.2) is 25.5 Å². The Morgan fingerprint density at radius 3 is 2.71 bits per heavy atom. The van der Waals surface area contributed by atoms with Crippen LogP contribution >= 0.6 is 31.0 Å². The number of anilines is 1. The molecule has 0 saturated carbocycles. The van der Waals surface area contributed by atoms with Crippen molar-refractivity contribution in [2.75, 3.05) is 5.32 Å². The van der Waals surface area contributed by atoms with E-state index in [1.165, 1.54) is 12.1 Å². The Labute approximate surface area is 145 Å². The lowest BCUT2D eigenvalue weighted by atomic mass is 10.2. The molecule has 24 heavy (non-hydrogen) atoms. The maximum Gasteiger partial charge on any atom is 0.471 e. The maximum atomic E-state index is 13.8. The molecule has 0 bridgehead atoms. The molecule has 0 aliphatic rings. The van der Waals surface area contributed by atoms with Crippen LogP contribution in [0, 0.1) is 12.7 Å². The van der Waals surface area contributed by atoms with Crippen molar-refractivity contribution in [3.8, 4) is 0 Å². The van der Waals surface area contributed by atoms with Crippen LogP contribution in [0.1, 0.15) is 16.1 Å². The Morgan fingerprint density at radius 1 is 1.46 bits per heavy atom. The van der Waals surface area contributed by atoms with Crippen LogP contribution in [0.5, 0.6) is 0 Å². The van der Waals surface area contributed by atoms with Gasteiger partial charge in [0.25, 0.3) is 5.91 Å². The van der Waals surface area contributed by atoms with Gasteiger partial charge in [0, 0.05) is 0 Å². The molecule has 1 aromatic heterocycles. The fourth-order valence-corrected chi connectivity index (χ4v) is 2.34. The second-order valence-corrected chi connectivity index (χ2v) is 6.61. The molecule has 12 heteroatoms. The first kappa shape index (κ1) is 18.9. The minimum Gasteiger partial charge on any atom is -0.318 e. The number of carbonyl (C=O) groups excluding carboxylic acids is 1. The molecular formula is C12H11Cl2FN3O5P. The van der Waals surface area contributed by atoms with Crippen molar-refractivity contribution in [1.82, 2.24) is 9.78 Å². The van der Waals surface area contributed by atoms with Gasteiger partial charge in [0.05, 0.1) is 5.69 Å². The smallest absolute Gasteiger partial charge is 0.318 e. The summed E-state index contributed by atoms with van der Waals surface area (Å²) in [6, 6.07) is 4.20. The lowest BCUT2D eigenvalue weighted by Gasteiger charge is -2.06. The second-order valence-electron chi connectivity index (χ2n) is 4.64. The van der Waals surface area contributed by atoms with Gasteiger partial charge >= 0.3 is 7.82 Å². The van der Waals surface area contributed by atoms with E-state index in [-0.39, 0.29) is 21.6 Å². The third kappa shape index (κ3) is 4.54. The van der Waals surface area contributed by atoms with Crippen molar-refractivity contribution in [3.05, 3.63) is 45.4 Å². The van der Waals surface area contributed by atoms with Gasteiger partial charge in [-0.3, -0.25) is 9.32 Å². The first-order valence-corrected chi connectivity index (χ1v) is 8.56. The maximum absolute atomic E-state index is 13.8. The van der Waals surface area contributed by atoms with E-state index < -0.39 is 26.3 Å². The lowest BCUT2D eigenvalue weighted by molar-refractivity contribution is 0.101. The van der Waals surface area contributed by atoms with Gasteiger partial charge in [-0.25, -0.2) is 13.6 Å². The zero-order valence-corrected chi connectivity index (χ0v) is 14.4. The number of rotatable bonds is 5. The number of aromatic nitrogens is 2. The number of carbonyl (C=O) groups is 1. The van der Waals surface area contributed by atoms with Gasteiger partial charge in [0.1, 0.15) is 16.0 Å². The number of nitrogens with zero attached hydrogens (tertiary/aromatic N) is 2. The van der Waals surface area contributed by atoms with Crippen LogP contribution in [0.4, 0.5) is 10.1 Å². The van der Waals surface area contributed by atoms with Crippen molar-refractivity contribution in [3.63, 3.8) is 0 Å². The number of aryl methyl sites for hydroxylation is 1. The molecule has 0 unspecified atom stereocenters. The molecule has 0 atom stereocenters. The fraction of sp³-hybridized carbons (Fsp3) is 0.167. The Kier molecular flexibility index (Phi) is 5.64. The Morgan fingerprint density at radius 2 is 2.12 bits per heavy atom.